The molecule has 102 valence electrons. The lowest BCUT2D eigenvalue weighted by molar-refractivity contribution is -0.111. The molecular weight excluding hydrogens is 250 g/mol. The lowest BCUT2D eigenvalue weighted by Gasteiger charge is -2.02. The molecule has 1 amide bonds. The van der Waals surface area contributed by atoms with Crippen LogP contribution in [0.5, 0.6) is 0 Å². The van der Waals surface area contributed by atoms with Crippen molar-refractivity contribution in [2.24, 2.45) is 5.73 Å². The van der Waals surface area contributed by atoms with Crippen molar-refractivity contribution in [1.82, 2.24) is 4.98 Å². The van der Waals surface area contributed by atoms with Crippen LogP contribution in [0.15, 0.2) is 48.7 Å². The number of carbonyl (C=O) groups excluding carboxylic acids is 1. The van der Waals surface area contributed by atoms with E-state index in [1.165, 1.54) is 11.6 Å². The summed E-state index contributed by atoms with van der Waals surface area (Å²) in [5.74, 6) is 0.305. The summed E-state index contributed by atoms with van der Waals surface area (Å²) in [5, 5.41) is 2.70. The number of hydrogen-bond acceptors (Lipinski definition) is 3. The van der Waals surface area contributed by atoms with Crippen LogP contribution in [0, 0.1) is 6.92 Å². The van der Waals surface area contributed by atoms with Gasteiger partial charge in [-0.3, -0.25) is 4.79 Å². The summed E-state index contributed by atoms with van der Waals surface area (Å²) >= 11 is 0. The SMILES string of the molecule is Cc1ccc(/C=C/C(=O)Nc2ccc(CN)cn2)cc1. The van der Waals surface area contributed by atoms with Gasteiger partial charge in [0.15, 0.2) is 0 Å². The lowest BCUT2D eigenvalue weighted by Crippen LogP contribution is -2.09. The fourth-order valence-corrected chi connectivity index (χ4v) is 1.64. The molecule has 0 aliphatic heterocycles. The van der Waals surface area contributed by atoms with E-state index in [4.69, 9.17) is 5.73 Å². The van der Waals surface area contributed by atoms with Gasteiger partial charge in [0.1, 0.15) is 5.82 Å². The Hall–Kier alpha value is -2.46. The van der Waals surface area contributed by atoms with E-state index in [1.54, 1.807) is 18.3 Å². The maximum Gasteiger partial charge on any atom is 0.249 e. The smallest absolute Gasteiger partial charge is 0.249 e. The zero-order chi connectivity index (χ0) is 14.4. The molecule has 0 atom stereocenters. The monoisotopic (exact) mass is 267 g/mol. The van der Waals surface area contributed by atoms with Crippen molar-refractivity contribution in [1.29, 1.82) is 0 Å². The second-order valence-electron chi connectivity index (χ2n) is 4.49. The molecule has 0 saturated heterocycles. The van der Waals surface area contributed by atoms with E-state index < -0.39 is 0 Å². The maximum absolute atomic E-state index is 11.7. The van der Waals surface area contributed by atoms with Gasteiger partial charge in [-0.25, -0.2) is 4.98 Å². The first kappa shape index (κ1) is 14.0. The Bertz CT molecular complexity index is 601. The first-order valence-corrected chi connectivity index (χ1v) is 6.38. The molecule has 1 heterocycles. The molecule has 0 radical (unpaired) electrons. The molecule has 0 spiro atoms. The second kappa shape index (κ2) is 6.63. The highest BCUT2D eigenvalue weighted by Gasteiger charge is 1.99. The van der Waals surface area contributed by atoms with Gasteiger partial charge in [0.25, 0.3) is 0 Å². The number of pyridine rings is 1. The minimum absolute atomic E-state index is 0.210. The number of carbonyl (C=O) groups is 1. The zero-order valence-electron chi connectivity index (χ0n) is 11.3. The van der Waals surface area contributed by atoms with Gasteiger partial charge in [0.2, 0.25) is 5.91 Å². The van der Waals surface area contributed by atoms with Gasteiger partial charge >= 0.3 is 0 Å². The molecule has 0 aliphatic rings. The van der Waals surface area contributed by atoms with Crippen LogP contribution < -0.4 is 11.1 Å². The van der Waals surface area contributed by atoms with Gasteiger partial charge < -0.3 is 11.1 Å². The van der Waals surface area contributed by atoms with E-state index in [-0.39, 0.29) is 5.91 Å². The fraction of sp³-hybridized carbons (Fsp3) is 0.125. The summed E-state index contributed by atoms with van der Waals surface area (Å²) < 4.78 is 0. The topological polar surface area (TPSA) is 68.0 Å². The van der Waals surface area contributed by atoms with Crippen LogP contribution in [0.2, 0.25) is 0 Å². The number of hydrogen-bond donors (Lipinski definition) is 2. The van der Waals surface area contributed by atoms with Gasteiger partial charge in [0.05, 0.1) is 0 Å². The predicted octanol–water partition coefficient (Wildman–Crippen LogP) is 2.50. The Balaban J connectivity index is 1.96. The highest BCUT2D eigenvalue weighted by atomic mass is 16.1. The molecule has 1 aromatic carbocycles. The number of amides is 1. The zero-order valence-corrected chi connectivity index (χ0v) is 11.3. The number of rotatable bonds is 4. The highest BCUT2D eigenvalue weighted by molar-refractivity contribution is 6.01. The predicted molar refractivity (Wildman–Crippen MR) is 81.0 cm³/mol. The Morgan fingerprint density at radius 2 is 2.00 bits per heavy atom. The van der Waals surface area contributed by atoms with Crippen LogP contribution in [0.4, 0.5) is 5.82 Å². The van der Waals surface area contributed by atoms with E-state index in [2.05, 4.69) is 10.3 Å². The molecule has 20 heavy (non-hydrogen) atoms. The molecule has 2 rings (SSSR count). The van der Waals surface area contributed by atoms with Crippen molar-refractivity contribution in [3.63, 3.8) is 0 Å². The van der Waals surface area contributed by atoms with Crippen molar-refractivity contribution in [3.8, 4) is 0 Å². The summed E-state index contributed by atoms with van der Waals surface area (Å²) in [6, 6.07) is 11.5. The molecule has 2 aromatic rings. The lowest BCUT2D eigenvalue weighted by atomic mass is 10.1. The summed E-state index contributed by atoms with van der Waals surface area (Å²) in [7, 11) is 0. The van der Waals surface area contributed by atoms with Gasteiger partial charge in [-0.15, -0.1) is 0 Å². The Kier molecular flexibility index (Phi) is 4.63. The molecule has 4 heteroatoms. The normalized spacial score (nSPS) is 10.7. The molecule has 3 N–H and O–H groups in total. The third-order valence-corrected chi connectivity index (χ3v) is 2.82. The molecular formula is C16H17N3O. The van der Waals surface area contributed by atoms with Crippen molar-refractivity contribution in [3.05, 3.63) is 65.4 Å². The molecule has 0 fully saturated rings. The van der Waals surface area contributed by atoms with E-state index in [1.807, 2.05) is 37.3 Å². The second-order valence-corrected chi connectivity index (χ2v) is 4.49. The maximum atomic E-state index is 11.7. The quantitative estimate of drug-likeness (QED) is 0.836. The summed E-state index contributed by atoms with van der Waals surface area (Å²) in [6.07, 6.45) is 4.91. The molecule has 0 unspecified atom stereocenters. The number of nitrogens with zero attached hydrogens (tertiary/aromatic N) is 1. The average molecular weight is 267 g/mol. The molecule has 0 bridgehead atoms. The van der Waals surface area contributed by atoms with E-state index in [0.717, 1.165) is 11.1 Å². The van der Waals surface area contributed by atoms with Crippen molar-refractivity contribution in [2.75, 3.05) is 5.32 Å². The Morgan fingerprint density at radius 1 is 1.25 bits per heavy atom. The first-order chi connectivity index (χ1) is 9.67. The molecule has 1 aromatic heterocycles. The fourth-order valence-electron chi connectivity index (χ4n) is 1.64. The summed E-state index contributed by atoms with van der Waals surface area (Å²) in [5.41, 5.74) is 8.59. The molecule has 0 saturated carbocycles. The minimum atomic E-state index is -0.210. The van der Waals surface area contributed by atoms with Crippen LogP contribution in [0.25, 0.3) is 6.08 Å². The van der Waals surface area contributed by atoms with E-state index >= 15 is 0 Å². The largest absolute Gasteiger partial charge is 0.326 e. The van der Waals surface area contributed by atoms with Gasteiger partial charge in [-0.1, -0.05) is 35.9 Å². The van der Waals surface area contributed by atoms with Crippen molar-refractivity contribution >= 4 is 17.8 Å². The highest BCUT2D eigenvalue weighted by Crippen LogP contribution is 2.07. The van der Waals surface area contributed by atoms with Crippen LogP contribution >= 0.6 is 0 Å². The van der Waals surface area contributed by atoms with E-state index in [9.17, 15) is 4.79 Å². The minimum Gasteiger partial charge on any atom is -0.326 e. The van der Waals surface area contributed by atoms with Crippen LogP contribution in [0.3, 0.4) is 0 Å². The van der Waals surface area contributed by atoms with Crippen LogP contribution in [-0.4, -0.2) is 10.9 Å². The number of benzene rings is 1. The van der Waals surface area contributed by atoms with Gasteiger partial charge in [0, 0.05) is 18.8 Å². The first-order valence-electron chi connectivity index (χ1n) is 6.38. The molecule has 4 nitrogen and oxygen atoms in total. The van der Waals surface area contributed by atoms with E-state index in [0.29, 0.717) is 12.4 Å². The van der Waals surface area contributed by atoms with Crippen molar-refractivity contribution in [2.45, 2.75) is 13.5 Å². The Labute approximate surface area is 118 Å². The standard InChI is InChI=1S/C16H17N3O/c1-12-2-4-13(5-3-12)7-9-16(20)19-15-8-6-14(10-17)11-18-15/h2-9,11H,10,17H2,1H3,(H,18,19,20)/b9-7+. The van der Waals surface area contributed by atoms with Crippen molar-refractivity contribution < 1.29 is 4.79 Å². The molecule has 0 aliphatic carbocycles. The van der Waals surface area contributed by atoms with Crippen LogP contribution in [0.1, 0.15) is 16.7 Å². The van der Waals surface area contributed by atoms with Gasteiger partial charge in [-0.05, 0) is 30.2 Å². The number of nitrogens with one attached hydrogen (secondary N) is 1. The summed E-state index contributed by atoms with van der Waals surface area (Å²) in [6.45, 7) is 2.46. The van der Waals surface area contributed by atoms with Crippen LogP contribution in [-0.2, 0) is 11.3 Å². The van der Waals surface area contributed by atoms with Gasteiger partial charge in [-0.2, -0.15) is 0 Å². The number of aryl methyl sites for hydroxylation is 1. The number of anilines is 1. The third kappa shape index (κ3) is 4.03. The number of nitrogens with two attached hydrogens (primary N) is 1. The number of aromatic nitrogens is 1. The average Bonchev–Trinajstić information content (AvgIpc) is 2.47. The summed E-state index contributed by atoms with van der Waals surface area (Å²) in [4.78, 5) is 15.9. The third-order valence-electron chi connectivity index (χ3n) is 2.82. The Morgan fingerprint density at radius 3 is 2.60 bits per heavy atom.